The summed E-state index contributed by atoms with van der Waals surface area (Å²) in [7, 11) is 1.50. The Labute approximate surface area is 172 Å². The highest BCUT2D eigenvalue weighted by atomic mass is 16.2. The number of hydrogen-bond acceptors (Lipinski definition) is 4. The highest BCUT2D eigenvalue weighted by molar-refractivity contribution is 5.97. The number of carbonyl (C=O) groups excluding carboxylic acids is 2. The summed E-state index contributed by atoms with van der Waals surface area (Å²) in [6, 6.07) is 18.9. The number of imide groups is 1. The molecule has 3 amide bonds. The third-order valence-corrected chi connectivity index (χ3v) is 5.07. The lowest BCUT2D eigenvalue weighted by molar-refractivity contribution is -0.126. The van der Waals surface area contributed by atoms with E-state index in [2.05, 4.69) is 44.7 Å². The lowest BCUT2D eigenvalue weighted by Crippen LogP contribution is -2.52. The average molecular weight is 393 g/mol. The predicted octanol–water partition coefficient (Wildman–Crippen LogP) is 2.51. The fourth-order valence-corrected chi connectivity index (χ4v) is 3.51. The van der Waals surface area contributed by atoms with Gasteiger partial charge in [-0.1, -0.05) is 72.8 Å². The molecule has 152 valence electrons. The molecule has 2 N–H and O–H groups in total. The zero-order valence-corrected chi connectivity index (χ0v) is 16.8. The number of urea groups is 1. The molecule has 1 unspecified atom stereocenters. The van der Waals surface area contributed by atoms with Crippen LogP contribution in [-0.2, 0) is 4.79 Å². The van der Waals surface area contributed by atoms with Crippen LogP contribution in [0.5, 0.6) is 0 Å². The Morgan fingerprint density at radius 3 is 2.21 bits per heavy atom. The number of benzene rings is 2. The number of rotatable bonds is 6. The van der Waals surface area contributed by atoms with Crippen LogP contribution >= 0.6 is 0 Å². The Bertz CT molecular complexity index is 815. The first-order valence-electron chi connectivity index (χ1n) is 9.93. The molecule has 1 aliphatic heterocycles. The minimum Gasteiger partial charge on any atom is -0.341 e. The van der Waals surface area contributed by atoms with Crippen molar-refractivity contribution in [2.75, 3.05) is 39.8 Å². The quantitative estimate of drug-likeness (QED) is 0.793. The maximum absolute atomic E-state index is 12.8. The van der Waals surface area contributed by atoms with Gasteiger partial charge in [0.2, 0.25) is 5.91 Å². The van der Waals surface area contributed by atoms with E-state index in [4.69, 9.17) is 0 Å². The molecular formula is C23H28N4O2. The summed E-state index contributed by atoms with van der Waals surface area (Å²) in [4.78, 5) is 28.9. The Hall–Kier alpha value is -2.96. The van der Waals surface area contributed by atoms with Gasteiger partial charge in [-0.25, -0.2) is 4.79 Å². The molecular weight excluding hydrogens is 364 g/mol. The monoisotopic (exact) mass is 392 g/mol. The van der Waals surface area contributed by atoms with E-state index in [1.54, 1.807) is 0 Å². The van der Waals surface area contributed by atoms with Gasteiger partial charge in [0.25, 0.3) is 0 Å². The second kappa shape index (κ2) is 10.5. The van der Waals surface area contributed by atoms with Crippen LogP contribution in [0.1, 0.15) is 17.2 Å². The maximum Gasteiger partial charge on any atom is 0.321 e. The van der Waals surface area contributed by atoms with Gasteiger partial charge in [-0.2, -0.15) is 0 Å². The van der Waals surface area contributed by atoms with E-state index in [1.165, 1.54) is 12.6 Å². The number of nitrogens with one attached hydrogen (secondary N) is 2. The maximum atomic E-state index is 12.8. The largest absolute Gasteiger partial charge is 0.341 e. The van der Waals surface area contributed by atoms with Gasteiger partial charge in [0.15, 0.2) is 0 Å². The van der Waals surface area contributed by atoms with Gasteiger partial charge >= 0.3 is 6.03 Å². The number of hydrogen-bond donors (Lipinski definition) is 2. The molecule has 1 fully saturated rings. The second-order valence-corrected chi connectivity index (χ2v) is 7.03. The van der Waals surface area contributed by atoms with Gasteiger partial charge in [0, 0.05) is 39.8 Å². The van der Waals surface area contributed by atoms with E-state index in [1.807, 2.05) is 48.5 Å². The standard InChI is InChI=1S/C23H28N4O2/c1-24-23(29)25-22(28)21(20-12-6-3-7-13-20)27-17-15-26(16-18-27)14-8-11-19-9-4-2-5-10-19/h2-13,21H,14-18H2,1H3,(H2,24,25,28,29)/b11-8+. The first-order chi connectivity index (χ1) is 14.2. The molecule has 0 spiro atoms. The minimum atomic E-state index is -0.486. The van der Waals surface area contributed by atoms with Crippen molar-refractivity contribution >= 4 is 18.0 Å². The molecule has 2 aromatic rings. The Kier molecular flexibility index (Phi) is 7.55. The molecule has 1 heterocycles. The van der Waals surface area contributed by atoms with Crippen LogP contribution in [0.2, 0.25) is 0 Å². The van der Waals surface area contributed by atoms with E-state index in [-0.39, 0.29) is 5.91 Å². The van der Waals surface area contributed by atoms with Crippen LogP contribution in [0.15, 0.2) is 66.7 Å². The van der Waals surface area contributed by atoms with Crippen molar-refractivity contribution in [3.05, 3.63) is 77.9 Å². The SMILES string of the molecule is CNC(=O)NC(=O)C(c1ccccc1)N1CCN(C/C=C/c2ccccc2)CC1. The Balaban J connectivity index is 1.60. The zero-order chi connectivity index (χ0) is 20.5. The van der Waals surface area contributed by atoms with Crippen molar-refractivity contribution in [1.82, 2.24) is 20.4 Å². The average Bonchev–Trinajstić information content (AvgIpc) is 2.76. The first-order valence-corrected chi connectivity index (χ1v) is 9.93. The Morgan fingerprint density at radius 2 is 1.59 bits per heavy atom. The van der Waals surface area contributed by atoms with Gasteiger partial charge < -0.3 is 5.32 Å². The van der Waals surface area contributed by atoms with Gasteiger partial charge in [0.05, 0.1) is 0 Å². The van der Waals surface area contributed by atoms with Crippen molar-refractivity contribution in [3.63, 3.8) is 0 Å². The fourth-order valence-electron chi connectivity index (χ4n) is 3.51. The third-order valence-electron chi connectivity index (χ3n) is 5.07. The van der Waals surface area contributed by atoms with Gasteiger partial charge in [-0.15, -0.1) is 0 Å². The van der Waals surface area contributed by atoms with Crippen molar-refractivity contribution < 1.29 is 9.59 Å². The highest BCUT2D eigenvalue weighted by Crippen LogP contribution is 2.22. The van der Waals surface area contributed by atoms with E-state index in [0.29, 0.717) is 0 Å². The van der Waals surface area contributed by atoms with Gasteiger partial charge in [-0.05, 0) is 11.1 Å². The van der Waals surface area contributed by atoms with Crippen LogP contribution < -0.4 is 10.6 Å². The lowest BCUT2D eigenvalue weighted by Gasteiger charge is -2.38. The number of piperazine rings is 1. The van der Waals surface area contributed by atoms with Crippen molar-refractivity contribution in [1.29, 1.82) is 0 Å². The van der Waals surface area contributed by atoms with Crippen LogP contribution in [-0.4, -0.2) is 61.5 Å². The molecule has 29 heavy (non-hydrogen) atoms. The molecule has 0 aromatic heterocycles. The Morgan fingerprint density at radius 1 is 0.966 bits per heavy atom. The topological polar surface area (TPSA) is 64.7 Å². The van der Waals surface area contributed by atoms with Crippen LogP contribution in [0.25, 0.3) is 6.08 Å². The second-order valence-electron chi connectivity index (χ2n) is 7.03. The third kappa shape index (κ3) is 6.01. The number of nitrogens with zero attached hydrogens (tertiary/aromatic N) is 2. The van der Waals surface area contributed by atoms with Gasteiger partial charge in [0.1, 0.15) is 6.04 Å². The van der Waals surface area contributed by atoms with Crippen molar-refractivity contribution in [2.24, 2.45) is 0 Å². The molecule has 0 radical (unpaired) electrons. The molecule has 0 aliphatic carbocycles. The molecule has 6 nitrogen and oxygen atoms in total. The summed E-state index contributed by atoms with van der Waals surface area (Å²) >= 11 is 0. The highest BCUT2D eigenvalue weighted by Gasteiger charge is 2.30. The van der Waals surface area contributed by atoms with Crippen molar-refractivity contribution in [2.45, 2.75) is 6.04 Å². The normalized spacial score (nSPS) is 16.4. The van der Waals surface area contributed by atoms with Crippen LogP contribution in [0.4, 0.5) is 4.79 Å². The molecule has 6 heteroatoms. The van der Waals surface area contributed by atoms with E-state index in [0.717, 1.165) is 38.3 Å². The lowest BCUT2D eigenvalue weighted by atomic mass is 10.0. The number of carbonyl (C=O) groups is 2. The van der Waals surface area contributed by atoms with Crippen LogP contribution in [0, 0.1) is 0 Å². The molecule has 2 aromatic carbocycles. The summed E-state index contributed by atoms with van der Waals surface area (Å²) in [5.41, 5.74) is 2.09. The smallest absolute Gasteiger partial charge is 0.321 e. The summed E-state index contributed by atoms with van der Waals surface area (Å²) in [5.74, 6) is -0.298. The van der Waals surface area contributed by atoms with Crippen LogP contribution in [0.3, 0.4) is 0 Å². The minimum absolute atomic E-state index is 0.298. The van der Waals surface area contributed by atoms with Gasteiger partial charge in [-0.3, -0.25) is 19.9 Å². The van der Waals surface area contributed by atoms with E-state index < -0.39 is 12.1 Å². The molecule has 1 aliphatic rings. The summed E-state index contributed by atoms with van der Waals surface area (Å²) in [6.07, 6.45) is 4.31. The summed E-state index contributed by atoms with van der Waals surface area (Å²) in [6.45, 7) is 4.15. The first kappa shape index (κ1) is 20.8. The predicted molar refractivity (Wildman–Crippen MR) is 115 cm³/mol. The molecule has 1 atom stereocenters. The molecule has 0 saturated carbocycles. The number of amides is 3. The summed E-state index contributed by atoms with van der Waals surface area (Å²) < 4.78 is 0. The van der Waals surface area contributed by atoms with E-state index >= 15 is 0 Å². The van der Waals surface area contributed by atoms with Crippen molar-refractivity contribution in [3.8, 4) is 0 Å². The van der Waals surface area contributed by atoms with E-state index in [9.17, 15) is 9.59 Å². The molecule has 0 bridgehead atoms. The molecule has 3 rings (SSSR count). The molecule has 1 saturated heterocycles. The summed E-state index contributed by atoms with van der Waals surface area (Å²) in [5, 5.41) is 4.88. The fraction of sp³-hybridized carbons (Fsp3) is 0.304. The zero-order valence-electron chi connectivity index (χ0n) is 16.8.